The average molecular weight is 492 g/mol. The first-order valence-electron chi connectivity index (χ1n) is 13.3. The number of nitrogens with zero attached hydrogens (tertiary/aromatic N) is 3. The second kappa shape index (κ2) is 8.77. The van der Waals surface area contributed by atoms with Crippen molar-refractivity contribution in [1.82, 2.24) is 9.80 Å². The minimum Gasteiger partial charge on any atom is -0.455 e. The average Bonchev–Trinajstić information content (AvgIpc) is 3.59. The molecule has 0 radical (unpaired) electrons. The van der Waals surface area contributed by atoms with Gasteiger partial charge in [0.15, 0.2) is 5.11 Å². The Balaban J connectivity index is 1.51. The van der Waals surface area contributed by atoms with Gasteiger partial charge in [-0.15, -0.1) is 0 Å². The largest absolute Gasteiger partial charge is 0.455 e. The van der Waals surface area contributed by atoms with Crippen LogP contribution in [0.5, 0.6) is 5.75 Å². The summed E-state index contributed by atoms with van der Waals surface area (Å²) in [5.41, 5.74) is 7.68. The molecule has 35 heavy (non-hydrogen) atoms. The molecule has 4 heterocycles. The predicted octanol–water partition coefficient (Wildman–Crippen LogP) is 4.75. The van der Waals surface area contributed by atoms with Gasteiger partial charge in [-0.3, -0.25) is 19.4 Å². The van der Waals surface area contributed by atoms with E-state index in [1.807, 2.05) is 0 Å². The van der Waals surface area contributed by atoms with Crippen molar-refractivity contribution in [3.8, 4) is 5.75 Å². The number of unbranched alkanes of at least 4 members (excludes halogenated alkanes) is 2. The van der Waals surface area contributed by atoms with Gasteiger partial charge in [0.1, 0.15) is 17.1 Å². The molecule has 1 saturated heterocycles. The number of amides is 2. The Morgan fingerprint density at radius 1 is 0.914 bits per heavy atom. The normalized spacial score (nSPS) is 20.7. The smallest absolute Gasteiger partial charge is 0.269 e. The van der Waals surface area contributed by atoms with E-state index in [4.69, 9.17) is 17.0 Å². The second-order valence-corrected chi connectivity index (χ2v) is 10.6. The van der Waals surface area contributed by atoms with Gasteiger partial charge in [0.25, 0.3) is 11.8 Å². The van der Waals surface area contributed by atoms with Crippen molar-refractivity contribution in [2.45, 2.75) is 71.6 Å². The molecule has 6 rings (SSSR count). The molecular weight excluding hydrogens is 458 g/mol. The van der Waals surface area contributed by atoms with Crippen LogP contribution in [0.2, 0.25) is 0 Å². The van der Waals surface area contributed by atoms with Gasteiger partial charge in [-0.05, 0) is 79.9 Å². The van der Waals surface area contributed by atoms with Crippen LogP contribution in [0, 0.1) is 0 Å². The molecule has 7 heteroatoms. The Bertz CT molecular complexity index is 1180. The first-order chi connectivity index (χ1) is 17.0. The molecule has 2 amide bonds. The van der Waals surface area contributed by atoms with Crippen LogP contribution in [-0.4, -0.2) is 52.9 Å². The Hall–Kier alpha value is -2.67. The lowest BCUT2D eigenvalue weighted by Crippen LogP contribution is -2.57. The van der Waals surface area contributed by atoms with E-state index in [1.165, 1.54) is 28.0 Å². The molecule has 1 aliphatic carbocycles. The maximum absolute atomic E-state index is 13.8. The van der Waals surface area contributed by atoms with Gasteiger partial charge >= 0.3 is 0 Å². The monoisotopic (exact) mass is 491 g/mol. The second-order valence-electron chi connectivity index (χ2n) is 10.2. The first kappa shape index (κ1) is 22.8. The molecule has 1 fully saturated rings. The SMILES string of the molecule is CCCCN1C(=O)C(=C2Oc3c(cc4c5c3CCN5CC4)C3=C2CCC3)C(=O)N(CCCC)C1=S. The minimum atomic E-state index is -0.294. The van der Waals surface area contributed by atoms with Crippen molar-refractivity contribution in [1.29, 1.82) is 0 Å². The number of anilines is 1. The summed E-state index contributed by atoms with van der Waals surface area (Å²) in [6, 6.07) is 2.32. The van der Waals surface area contributed by atoms with E-state index in [1.54, 1.807) is 9.80 Å². The van der Waals surface area contributed by atoms with E-state index in [0.29, 0.717) is 24.0 Å². The van der Waals surface area contributed by atoms with Crippen molar-refractivity contribution in [3.05, 3.63) is 39.7 Å². The quantitative estimate of drug-likeness (QED) is 0.327. The number of ether oxygens (including phenoxy) is 1. The number of hydrogen-bond acceptors (Lipinski definition) is 5. The zero-order chi connectivity index (χ0) is 24.3. The fourth-order valence-corrected chi connectivity index (χ4v) is 6.67. The third kappa shape index (κ3) is 3.38. The van der Waals surface area contributed by atoms with Gasteiger partial charge in [-0.2, -0.15) is 0 Å². The standard InChI is InChI=1S/C28H33N3O3S/c1-3-5-12-30-26(32)22(27(33)31(28(30)35)13-6-4-2)25-19-9-7-8-18(19)21-16-17-10-14-29-15-11-20(23(17)29)24(21)34-25/h16H,3-15H2,1-2H3. The lowest BCUT2D eigenvalue weighted by Gasteiger charge is -2.38. The topological polar surface area (TPSA) is 53.1 Å². The lowest BCUT2D eigenvalue weighted by molar-refractivity contribution is -0.134. The highest BCUT2D eigenvalue weighted by Gasteiger charge is 2.45. The molecule has 1 aromatic carbocycles. The van der Waals surface area contributed by atoms with Gasteiger partial charge in [0.2, 0.25) is 0 Å². The third-order valence-electron chi connectivity index (χ3n) is 8.12. The summed E-state index contributed by atoms with van der Waals surface area (Å²) in [6.45, 7) is 7.32. The molecule has 0 atom stereocenters. The van der Waals surface area contributed by atoms with E-state index in [-0.39, 0.29) is 17.4 Å². The highest BCUT2D eigenvalue weighted by molar-refractivity contribution is 7.80. The van der Waals surface area contributed by atoms with Crippen molar-refractivity contribution in [3.63, 3.8) is 0 Å². The fraction of sp³-hybridized carbons (Fsp3) is 0.536. The van der Waals surface area contributed by atoms with Crippen molar-refractivity contribution < 1.29 is 14.3 Å². The van der Waals surface area contributed by atoms with Crippen LogP contribution >= 0.6 is 12.2 Å². The van der Waals surface area contributed by atoms with E-state index in [9.17, 15) is 9.59 Å². The Morgan fingerprint density at radius 3 is 2.26 bits per heavy atom. The fourth-order valence-electron chi connectivity index (χ4n) is 6.33. The Morgan fingerprint density at radius 2 is 1.57 bits per heavy atom. The predicted molar refractivity (Wildman–Crippen MR) is 140 cm³/mol. The minimum absolute atomic E-state index is 0.174. The summed E-state index contributed by atoms with van der Waals surface area (Å²) >= 11 is 5.67. The van der Waals surface area contributed by atoms with E-state index >= 15 is 0 Å². The molecular formula is C28H33N3O3S. The maximum Gasteiger partial charge on any atom is 0.269 e. The van der Waals surface area contributed by atoms with Crippen LogP contribution in [0.25, 0.3) is 5.57 Å². The van der Waals surface area contributed by atoms with E-state index in [2.05, 4.69) is 24.8 Å². The first-order valence-corrected chi connectivity index (χ1v) is 13.7. The summed E-state index contributed by atoms with van der Waals surface area (Å²) in [6.07, 6.45) is 8.43. The lowest BCUT2D eigenvalue weighted by atomic mass is 9.90. The Labute approximate surface area is 212 Å². The summed E-state index contributed by atoms with van der Waals surface area (Å²) < 4.78 is 6.70. The van der Waals surface area contributed by atoms with Crippen molar-refractivity contribution in [2.24, 2.45) is 0 Å². The molecule has 0 spiro atoms. The van der Waals surface area contributed by atoms with Crippen LogP contribution in [0.3, 0.4) is 0 Å². The number of allylic oxidation sites excluding steroid dienone is 2. The summed E-state index contributed by atoms with van der Waals surface area (Å²) in [5, 5.41) is 0.343. The molecule has 0 bridgehead atoms. The van der Waals surface area contributed by atoms with Crippen molar-refractivity contribution >= 4 is 40.4 Å². The number of hydrogen-bond donors (Lipinski definition) is 0. The number of benzene rings is 1. The summed E-state index contributed by atoms with van der Waals surface area (Å²) in [5.74, 6) is 0.790. The van der Waals surface area contributed by atoms with Gasteiger partial charge in [0, 0.05) is 43.0 Å². The molecule has 0 N–H and O–H groups in total. The molecule has 5 aliphatic rings. The summed E-state index contributed by atoms with van der Waals surface area (Å²) in [7, 11) is 0. The molecule has 0 unspecified atom stereocenters. The molecule has 0 aromatic heterocycles. The van der Waals surface area contributed by atoms with Gasteiger partial charge < -0.3 is 9.64 Å². The van der Waals surface area contributed by atoms with Crippen LogP contribution in [0.15, 0.2) is 23.0 Å². The zero-order valence-corrected chi connectivity index (χ0v) is 21.6. The van der Waals surface area contributed by atoms with Gasteiger partial charge in [-0.25, -0.2) is 0 Å². The van der Waals surface area contributed by atoms with Crippen LogP contribution in [0.1, 0.15) is 75.5 Å². The number of rotatable bonds is 6. The van der Waals surface area contributed by atoms with Gasteiger partial charge in [-0.1, -0.05) is 26.7 Å². The highest BCUT2D eigenvalue weighted by Crippen LogP contribution is 2.53. The maximum atomic E-state index is 13.8. The van der Waals surface area contributed by atoms with Crippen molar-refractivity contribution in [2.75, 3.05) is 31.1 Å². The molecule has 4 aliphatic heterocycles. The van der Waals surface area contributed by atoms with Crippen LogP contribution in [-0.2, 0) is 22.4 Å². The van der Waals surface area contributed by atoms with Gasteiger partial charge in [0.05, 0.1) is 0 Å². The molecule has 1 aromatic rings. The zero-order valence-electron chi connectivity index (χ0n) is 20.7. The van der Waals surface area contributed by atoms with Crippen LogP contribution < -0.4 is 9.64 Å². The van der Waals surface area contributed by atoms with E-state index in [0.717, 1.165) is 82.2 Å². The summed E-state index contributed by atoms with van der Waals surface area (Å²) in [4.78, 5) is 33.4. The highest BCUT2D eigenvalue weighted by atomic mass is 32.1. The third-order valence-corrected chi connectivity index (χ3v) is 8.57. The molecule has 0 saturated carbocycles. The van der Waals surface area contributed by atoms with E-state index < -0.39 is 0 Å². The Kier molecular flexibility index (Phi) is 5.71. The number of fused-ring (bicyclic) bond motifs is 3. The number of carbonyl (C=O) groups is 2. The number of thiocarbonyl (C=S) groups is 1. The number of carbonyl (C=O) groups excluding carboxylic acids is 2. The molecule has 184 valence electrons. The molecule has 6 nitrogen and oxygen atoms in total. The van der Waals surface area contributed by atoms with Crippen LogP contribution in [0.4, 0.5) is 5.69 Å².